The fourth-order valence-electron chi connectivity index (χ4n) is 2.32. The van der Waals surface area contributed by atoms with Crippen molar-refractivity contribution in [2.45, 2.75) is 19.0 Å². The van der Waals surface area contributed by atoms with Gasteiger partial charge in [-0.3, -0.25) is 9.59 Å². The maximum Gasteiger partial charge on any atom is 0.277 e. The van der Waals surface area contributed by atoms with E-state index in [-0.39, 0.29) is 30.2 Å². The van der Waals surface area contributed by atoms with Crippen molar-refractivity contribution in [1.82, 2.24) is 20.3 Å². The Bertz CT molecular complexity index is 949. The lowest BCUT2D eigenvalue weighted by atomic mass is 10.2. The van der Waals surface area contributed by atoms with E-state index < -0.39 is 15.9 Å². The summed E-state index contributed by atoms with van der Waals surface area (Å²) in [7, 11) is -3.21. The third-order valence-electron chi connectivity index (χ3n) is 3.46. The van der Waals surface area contributed by atoms with Crippen molar-refractivity contribution in [2.24, 2.45) is 0 Å². The average Bonchev–Trinajstić information content (AvgIpc) is 2.85. The Morgan fingerprint density at radius 3 is 2.87 bits per heavy atom. The molecule has 2 aromatic rings. The van der Waals surface area contributed by atoms with Crippen LogP contribution in [-0.4, -0.2) is 41.1 Å². The van der Waals surface area contributed by atoms with Crippen LogP contribution in [0.15, 0.2) is 40.5 Å². The van der Waals surface area contributed by atoms with E-state index in [9.17, 15) is 18.0 Å². The summed E-state index contributed by atoms with van der Waals surface area (Å²) in [6.45, 7) is 0.0751. The second kappa shape index (κ2) is 5.92. The molecule has 23 heavy (non-hydrogen) atoms. The first-order valence-corrected chi connectivity index (χ1v) is 8.69. The van der Waals surface area contributed by atoms with Gasteiger partial charge in [0, 0.05) is 11.8 Å². The van der Waals surface area contributed by atoms with Gasteiger partial charge in [0.05, 0.1) is 23.7 Å². The number of carbonyl (C=O) groups is 1. The molecule has 0 aliphatic carbocycles. The van der Waals surface area contributed by atoms with Gasteiger partial charge in [-0.2, -0.15) is 0 Å². The highest BCUT2D eigenvalue weighted by atomic mass is 32.2. The van der Waals surface area contributed by atoms with Crippen LogP contribution in [0.5, 0.6) is 0 Å². The number of nitrogens with zero attached hydrogens (tertiary/aromatic N) is 3. The van der Waals surface area contributed by atoms with Crippen LogP contribution in [0, 0.1) is 0 Å². The Morgan fingerprint density at radius 1 is 1.35 bits per heavy atom. The summed E-state index contributed by atoms with van der Waals surface area (Å²) in [6.07, 6.45) is 1.45. The monoisotopic (exact) mass is 334 g/mol. The predicted octanol–water partition coefficient (Wildman–Crippen LogP) is -0.391. The van der Waals surface area contributed by atoms with E-state index in [1.807, 2.05) is 0 Å². The number of amides is 1. The van der Waals surface area contributed by atoms with Crippen LogP contribution in [0.3, 0.4) is 0 Å². The van der Waals surface area contributed by atoms with Gasteiger partial charge in [0.25, 0.3) is 5.56 Å². The van der Waals surface area contributed by atoms with E-state index in [0.717, 1.165) is 10.1 Å². The second-order valence-electron chi connectivity index (χ2n) is 5.22. The van der Waals surface area contributed by atoms with Crippen LogP contribution in [-0.2, 0) is 21.2 Å². The first-order valence-electron chi connectivity index (χ1n) is 6.97. The number of aryl methyl sites for hydroxylation is 1. The van der Waals surface area contributed by atoms with Crippen LogP contribution >= 0.6 is 0 Å². The van der Waals surface area contributed by atoms with Gasteiger partial charge in [-0.05, 0) is 18.2 Å². The molecule has 8 nitrogen and oxygen atoms in total. The van der Waals surface area contributed by atoms with Gasteiger partial charge in [0.2, 0.25) is 5.91 Å². The smallest absolute Gasteiger partial charge is 0.277 e. The molecule has 1 atom stereocenters. The molecular formula is C14H14N4O4S. The predicted molar refractivity (Wildman–Crippen MR) is 83.3 cm³/mol. The molecule has 3 rings (SSSR count). The van der Waals surface area contributed by atoms with Gasteiger partial charge in [0.1, 0.15) is 5.52 Å². The van der Waals surface area contributed by atoms with Crippen molar-refractivity contribution in [3.63, 3.8) is 0 Å². The van der Waals surface area contributed by atoms with Crippen LogP contribution in [0.4, 0.5) is 0 Å². The molecular weight excluding hydrogens is 320 g/mol. The molecule has 0 unspecified atom stereocenters. The quantitative estimate of drug-likeness (QED) is 0.815. The minimum absolute atomic E-state index is 0.0112. The molecule has 1 aromatic carbocycles. The van der Waals surface area contributed by atoms with Gasteiger partial charge in [0.15, 0.2) is 9.84 Å². The van der Waals surface area contributed by atoms with Crippen molar-refractivity contribution >= 4 is 26.6 Å². The summed E-state index contributed by atoms with van der Waals surface area (Å²) in [4.78, 5) is 24.1. The van der Waals surface area contributed by atoms with Crippen LogP contribution in [0.1, 0.15) is 6.42 Å². The summed E-state index contributed by atoms with van der Waals surface area (Å²) in [5.74, 6) is -0.479. The van der Waals surface area contributed by atoms with Crippen LogP contribution < -0.4 is 10.9 Å². The zero-order valence-corrected chi connectivity index (χ0v) is 12.9. The fraction of sp³-hybridized carbons (Fsp3) is 0.286. The number of hydrogen-bond acceptors (Lipinski definition) is 6. The van der Waals surface area contributed by atoms with Gasteiger partial charge in [-0.15, -0.1) is 5.10 Å². The highest BCUT2D eigenvalue weighted by Gasteiger charge is 2.22. The standard InChI is InChI=1S/C14H14N4O4S/c19-13(15-10-6-8-23(21,22)9-10)5-7-18-14(20)11-3-1-2-4-12(11)16-17-18/h1-4,6,8,10H,5,7,9H2,(H,15,19)/t10-/m1/s1. The normalized spacial score (nSPS) is 19.0. The van der Waals surface area contributed by atoms with Crippen molar-refractivity contribution in [1.29, 1.82) is 0 Å². The number of sulfone groups is 1. The molecule has 1 aliphatic rings. The summed E-state index contributed by atoms with van der Waals surface area (Å²) in [5.41, 5.74) is 0.186. The van der Waals surface area contributed by atoms with Gasteiger partial charge >= 0.3 is 0 Å². The maximum absolute atomic E-state index is 12.2. The zero-order valence-electron chi connectivity index (χ0n) is 12.0. The third kappa shape index (κ3) is 3.45. The lowest BCUT2D eigenvalue weighted by Gasteiger charge is -2.10. The van der Waals surface area contributed by atoms with E-state index in [2.05, 4.69) is 15.6 Å². The molecule has 9 heteroatoms. The van der Waals surface area contributed by atoms with Crippen molar-refractivity contribution in [2.75, 3.05) is 5.75 Å². The Kier molecular flexibility index (Phi) is 3.95. The fourth-order valence-corrected chi connectivity index (χ4v) is 3.56. The molecule has 0 fully saturated rings. The first-order chi connectivity index (χ1) is 10.9. The number of nitrogens with one attached hydrogen (secondary N) is 1. The Morgan fingerprint density at radius 2 is 2.13 bits per heavy atom. The van der Waals surface area contributed by atoms with E-state index in [1.54, 1.807) is 24.3 Å². The molecule has 2 heterocycles. The Hall–Kier alpha value is -2.55. The number of benzene rings is 1. The maximum atomic E-state index is 12.2. The second-order valence-corrected chi connectivity index (χ2v) is 7.15. The summed E-state index contributed by atoms with van der Waals surface area (Å²) in [5, 5.41) is 11.9. The van der Waals surface area contributed by atoms with Gasteiger partial charge in [-0.1, -0.05) is 17.3 Å². The zero-order chi connectivity index (χ0) is 16.4. The Labute approximate surface area is 131 Å². The molecule has 0 bridgehead atoms. The van der Waals surface area contributed by atoms with E-state index in [0.29, 0.717) is 10.9 Å². The van der Waals surface area contributed by atoms with Crippen molar-refractivity contribution in [3.8, 4) is 0 Å². The lowest BCUT2D eigenvalue weighted by molar-refractivity contribution is -0.121. The lowest BCUT2D eigenvalue weighted by Crippen LogP contribution is -2.36. The number of aromatic nitrogens is 3. The number of hydrogen-bond donors (Lipinski definition) is 1. The minimum Gasteiger partial charge on any atom is -0.349 e. The molecule has 1 N–H and O–H groups in total. The topological polar surface area (TPSA) is 111 Å². The summed E-state index contributed by atoms with van der Waals surface area (Å²) < 4.78 is 23.7. The molecule has 1 aromatic heterocycles. The summed E-state index contributed by atoms with van der Waals surface area (Å²) in [6, 6.07) is 6.31. The van der Waals surface area contributed by atoms with Crippen molar-refractivity contribution in [3.05, 3.63) is 46.1 Å². The van der Waals surface area contributed by atoms with Crippen molar-refractivity contribution < 1.29 is 13.2 Å². The number of fused-ring (bicyclic) bond motifs is 1. The number of carbonyl (C=O) groups excluding carboxylic acids is 1. The summed E-state index contributed by atoms with van der Waals surface area (Å²) >= 11 is 0. The molecule has 0 spiro atoms. The minimum atomic E-state index is -3.21. The molecule has 120 valence electrons. The van der Waals surface area contributed by atoms with E-state index in [4.69, 9.17) is 0 Å². The van der Waals surface area contributed by atoms with Gasteiger partial charge < -0.3 is 5.32 Å². The SMILES string of the molecule is O=C(CCn1nnc2ccccc2c1=O)N[C@@H]1C=CS(=O)(=O)C1. The largest absolute Gasteiger partial charge is 0.349 e. The van der Waals surface area contributed by atoms with Crippen LogP contribution in [0.2, 0.25) is 0 Å². The highest BCUT2D eigenvalue weighted by Crippen LogP contribution is 2.08. The molecule has 0 radical (unpaired) electrons. The first kappa shape index (κ1) is 15.3. The Balaban J connectivity index is 1.65. The van der Waals surface area contributed by atoms with E-state index >= 15 is 0 Å². The molecule has 0 saturated carbocycles. The third-order valence-corrected chi connectivity index (χ3v) is 4.85. The molecule has 1 aliphatic heterocycles. The van der Waals surface area contributed by atoms with Crippen LogP contribution in [0.25, 0.3) is 10.9 Å². The molecule has 0 saturated heterocycles. The average molecular weight is 334 g/mol. The van der Waals surface area contributed by atoms with E-state index in [1.165, 1.54) is 6.08 Å². The highest BCUT2D eigenvalue weighted by molar-refractivity contribution is 7.94. The number of rotatable bonds is 4. The molecule has 1 amide bonds. The van der Waals surface area contributed by atoms with Gasteiger partial charge in [-0.25, -0.2) is 13.1 Å².